The van der Waals surface area contributed by atoms with Crippen LogP contribution in [0, 0.1) is 22.6 Å². The first-order valence-corrected chi connectivity index (χ1v) is 15.0. The van der Waals surface area contributed by atoms with Gasteiger partial charge in [-0.1, -0.05) is 45.0 Å². The van der Waals surface area contributed by atoms with Crippen LogP contribution < -0.4 is 10.6 Å². The van der Waals surface area contributed by atoms with Crippen molar-refractivity contribution in [2.24, 2.45) is 16.7 Å². The van der Waals surface area contributed by atoms with Gasteiger partial charge in [-0.15, -0.1) is 11.8 Å². The molecule has 2 aromatic rings. The van der Waals surface area contributed by atoms with Crippen LogP contribution in [0.1, 0.15) is 84.7 Å². The summed E-state index contributed by atoms with van der Waals surface area (Å²) in [5, 5.41) is 5.98. The Morgan fingerprint density at radius 2 is 1.68 bits per heavy atom. The fourth-order valence-electron chi connectivity index (χ4n) is 7.31. The third-order valence-corrected chi connectivity index (χ3v) is 11.4. The second-order valence-corrected chi connectivity index (χ2v) is 13.4. The van der Waals surface area contributed by atoms with Gasteiger partial charge in [0.25, 0.3) is 11.8 Å². The maximum absolute atomic E-state index is 14.7. The molecule has 0 aromatic heterocycles. The van der Waals surface area contributed by atoms with Crippen LogP contribution >= 0.6 is 11.8 Å². The Kier molecular flexibility index (Phi) is 6.65. The van der Waals surface area contributed by atoms with Crippen molar-refractivity contribution in [2.45, 2.75) is 82.2 Å². The van der Waals surface area contributed by atoms with Crippen molar-refractivity contribution in [3.8, 4) is 0 Å². The Morgan fingerprint density at radius 1 is 0.975 bits per heavy atom. The molecule has 2 aliphatic heterocycles. The van der Waals surface area contributed by atoms with Crippen molar-refractivity contribution in [1.82, 2.24) is 15.5 Å². The Labute approximate surface area is 237 Å². The van der Waals surface area contributed by atoms with Crippen LogP contribution in [0.25, 0.3) is 0 Å². The number of carbonyl (C=O) groups excluding carboxylic acids is 4. The van der Waals surface area contributed by atoms with Crippen molar-refractivity contribution in [3.63, 3.8) is 0 Å². The van der Waals surface area contributed by atoms with Gasteiger partial charge in [0.05, 0.1) is 11.1 Å². The van der Waals surface area contributed by atoms with Gasteiger partial charge in [0, 0.05) is 29.7 Å². The summed E-state index contributed by atoms with van der Waals surface area (Å²) in [5.74, 6) is -2.17. The van der Waals surface area contributed by atoms with Gasteiger partial charge in [0.15, 0.2) is 0 Å². The van der Waals surface area contributed by atoms with Crippen LogP contribution in [0.4, 0.5) is 4.39 Å². The first-order chi connectivity index (χ1) is 19.0. The number of fused-ring (bicyclic) bond motifs is 3. The molecule has 4 amide bonds. The summed E-state index contributed by atoms with van der Waals surface area (Å²) < 4.78 is 14.7. The lowest BCUT2D eigenvalue weighted by Gasteiger charge is -2.39. The molecule has 40 heavy (non-hydrogen) atoms. The van der Waals surface area contributed by atoms with Gasteiger partial charge in [0.1, 0.15) is 11.9 Å². The topological polar surface area (TPSA) is 95.6 Å². The minimum atomic E-state index is -1.13. The van der Waals surface area contributed by atoms with Crippen molar-refractivity contribution >= 4 is 35.4 Å². The smallest absolute Gasteiger partial charge is 0.265 e. The quantitative estimate of drug-likeness (QED) is 0.370. The molecular formula is C31H34FN3O4S. The minimum Gasteiger partial charge on any atom is -0.309 e. The zero-order chi connectivity index (χ0) is 28.4. The monoisotopic (exact) mass is 563 g/mol. The SMILES string of the molecule is CC1(C)[C@@H]2CC[C@@]1(C)[C@@H](NCc1ccc(CSc3ccc(F)c4c3C(=O)N(C3CCC(=O)NC3=O)C4=O)cc1)C2. The number of piperidine rings is 1. The molecule has 6 rings (SSSR count). The van der Waals surface area contributed by atoms with E-state index in [1.807, 2.05) is 0 Å². The summed E-state index contributed by atoms with van der Waals surface area (Å²) in [4.78, 5) is 51.6. The Hall–Kier alpha value is -3.04. The molecule has 2 N–H and O–H groups in total. The lowest BCUT2D eigenvalue weighted by Crippen LogP contribution is -2.54. The number of halogens is 1. The number of amides is 4. The van der Waals surface area contributed by atoms with Crippen molar-refractivity contribution in [3.05, 3.63) is 64.5 Å². The van der Waals surface area contributed by atoms with Crippen LogP contribution in [0.2, 0.25) is 0 Å². The largest absolute Gasteiger partial charge is 0.309 e. The molecule has 4 atom stereocenters. The molecule has 2 saturated carbocycles. The summed E-state index contributed by atoms with van der Waals surface area (Å²) in [6.45, 7) is 8.09. The van der Waals surface area contributed by atoms with Crippen LogP contribution in [0.3, 0.4) is 0 Å². The van der Waals surface area contributed by atoms with E-state index < -0.39 is 35.5 Å². The van der Waals surface area contributed by atoms with E-state index in [-0.39, 0.29) is 24.0 Å². The van der Waals surface area contributed by atoms with Gasteiger partial charge >= 0.3 is 0 Å². The second kappa shape index (κ2) is 9.80. The molecule has 1 saturated heterocycles. The van der Waals surface area contributed by atoms with Crippen LogP contribution in [0.5, 0.6) is 0 Å². The third kappa shape index (κ3) is 4.20. The summed E-state index contributed by atoms with van der Waals surface area (Å²) >= 11 is 1.35. The average Bonchev–Trinajstić information content (AvgIpc) is 3.39. The Morgan fingerprint density at radius 3 is 2.33 bits per heavy atom. The van der Waals surface area contributed by atoms with Crippen LogP contribution in [-0.2, 0) is 21.9 Å². The maximum Gasteiger partial charge on any atom is 0.265 e. The van der Waals surface area contributed by atoms with Crippen molar-refractivity contribution in [2.75, 3.05) is 0 Å². The zero-order valence-corrected chi connectivity index (χ0v) is 23.8. The number of nitrogens with zero attached hydrogens (tertiary/aromatic N) is 1. The van der Waals surface area contributed by atoms with E-state index in [1.54, 1.807) is 0 Å². The third-order valence-electron chi connectivity index (χ3n) is 10.3. The molecule has 2 bridgehead atoms. The number of hydrogen-bond acceptors (Lipinski definition) is 6. The highest BCUT2D eigenvalue weighted by molar-refractivity contribution is 7.98. The average molecular weight is 564 g/mol. The number of nitrogens with one attached hydrogen (secondary N) is 2. The Balaban J connectivity index is 1.12. The van der Waals surface area contributed by atoms with Gasteiger partial charge < -0.3 is 5.32 Å². The number of hydrogen-bond donors (Lipinski definition) is 2. The van der Waals surface area contributed by atoms with E-state index in [9.17, 15) is 23.6 Å². The molecule has 2 heterocycles. The van der Waals surface area contributed by atoms with Crippen molar-refractivity contribution in [1.29, 1.82) is 0 Å². The molecule has 1 unspecified atom stereocenters. The molecular weight excluding hydrogens is 529 g/mol. The van der Waals surface area contributed by atoms with Gasteiger partial charge in [-0.25, -0.2) is 4.39 Å². The number of imide groups is 2. The van der Waals surface area contributed by atoms with E-state index in [0.29, 0.717) is 27.5 Å². The van der Waals surface area contributed by atoms with Crippen LogP contribution in [-0.4, -0.2) is 40.6 Å². The van der Waals surface area contributed by atoms with E-state index in [0.717, 1.165) is 22.9 Å². The number of rotatable bonds is 7. The first kappa shape index (κ1) is 27.1. The number of carbonyl (C=O) groups is 4. The Bertz CT molecular complexity index is 1420. The van der Waals surface area contributed by atoms with E-state index in [4.69, 9.17) is 0 Å². The minimum absolute atomic E-state index is 0.0113. The molecule has 0 spiro atoms. The fourth-order valence-corrected chi connectivity index (χ4v) is 8.32. The van der Waals surface area contributed by atoms with Crippen LogP contribution in [0.15, 0.2) is 41.3 Å². The van der Waals surface area contributed by atoms with Gasteiger partial charge in [-0.05, 0) is 65.7 Å². The van der Waals surface area contributed by atoms with E-state index in [2.05, 4.69) is 55.7 Å². The molecule has 210 valence electrons. The predicted octanol–water partition coefficient (Wildman–Crippen LogP) is 4.82. The van der Waals surface area contributed by atoms with E-state index >= 15 is 0 Å². The highest BCUT2D eigenvalue weighted by atomic mass is 32.2. The lowest BCUT2D eigenvalue weighted by atomic mass is 9.69. The molecule has 4 aliphatic rings. The highest BCUT2D eigenvalue weighted by Gasteiger charge is 2.61. The zero-order valence-electron chi connectivity index (χ0n) is 23.0. The van der Waals surface area contributed by atoms with E-state index in [1.165, 1.54) is 48.7 Å². The molecule has 2 aromatic carbocycles. The summed E-state index contributed by atoms with van der Waals surface area (Å²) in [6, 6.07) is 10.4. The second-order valence-electron chi connectivity index (χ2n) is 12.4. The fraction of sp³-hybridized carbons (Fsp3) is 0.484. The normalized spacial score (nSPS) is 28.8. The summed E-state index contributed by atoms with van der Waals surface area (Å²) in [5.41, 5.74) is 2.63. The number of thioether (sulfide) groups is 1. The lowest BCUT2D eigenvalue weighted by molar-refractivity contribution is -0.136. The predicted molar refractivity (Wildman–Crippen MR) is 149 cm³/mol. The van der Waals surface area contributed by atoms with Crippen molar-refractivity contribution < 1.29 is 23.6 Å². The standard InChI is InChI=1S/C31H34FN3O4S/c1-30(2)19-12-13-31(30,3)23(14-19)33-15-17-4-6-18(7-5-17)16-40-22-10-8-20(32)25-26(22)29(39)35(28(25)38)21-9-11-24(36)34-27(21)37/h4-8,10,19,21,23,33H,9,11-16H2,1-3H3,(H,34,36,37)/t19-,21?,23+,31+/m1/s1. The molecule has 3 fully saturated rings. The molecule has 9 heteroatoms. The highest BCUT2D eigenvalue weighted by Crippen LogP contribution is 2.65. The molecule has 0 radical (unpaired) electrons. The maximum atomic E-state index is 14.7. The van der Waals surface area contributed by atoms with Gasteiger partial charge in [0.2, 0.25) is 11.8 Å². The molecule has 2 aliphatic carbocycles. The summed E-state index contributed by atoms with van der Waals surface area (Å²) in [6.07, 6.45) is 3.89. The molecule has 7 nitrogen and oxygen atoms in total. The number of benzene rings is 2. The van der Waals surface area contributed by atoms with Gasteiger partial charge in [-0.3, -0.25) is 29.4 Å². The summed E-state index contributed by atoms with van der Waals surface area (Å²) in [7, 11) is 0. The van der Waals surface area contributed by atoms with Gasteiger partial charge in [-0.2, -0.15) is 0 Å². The first-order valence-electron chi connectivity index (χ1n) is 14.0.